The van der Waals surface area contributed by atoms with Crippen molar-refractivity contribution in [3.8, 4) is 0 Å². The molecule has 0 saturated heterocycles. The second kappa shape index (κ2) is 7.27. The van der Waals surface area contributed by atoms with Crippen molar-refractivity contribution in [1.82, 2.24) is 9.97 Å². The molecule has 0 spiro atoms. The molecule has 0 radical (unpaired) electrons. The first kappa shape index (κ1) is 17.3. The molecular weight excluding hydrogens is 334 g/mol. The second-order valence-corrected chi connectivity index (χ2v) is 7.57. The van der Waals surface area contributed by atoms with E-state index in [2.05, 4.69) is 64.0 Å². The van der Waals surface area contributed by atoms with Crippen LogP contribution in [0.25, 0.3) is 0 Å². The topological polar surface area (TPSA) is 61.9 Å². The zero-order valence-corrected chi connectivity index (χ0v) is 15.8. The van der Waals surface area contributed by atoms with Crippen molar-refractivity contribution in [2.24, 2.45) is 0 Å². The second-order valence-electron chi connectivity index (χ2n) is 7.57. The summed E-state index contributed by atoms with van der Waals surface area (Å²) in [5.41, 5.74) is 6.24. The van der Waals surface area contributed by atoms with Crippen molar-refractivity contribution in [3.63, 3.8) is 0 Å². The molecule has 0 aliphatic carbocycles. The van der Waals surface area contributed by atoms with E-state index in [4.69, 9.17) is 0 Å². The van der Waals surface area contributed by atoms with Crippen molar-refractivity contribution in [2.45, 2.75) is 32.4 Å². The third-order valence-electron chi connectivity index (χ3n) is 5.05. The van der Waals surface area contributed by atoms with Crippen LogP contribution in [-0.4, -0.2) is 16.5 Å². The van der Waals surface area contributed by atoms with Crippen LogP contribution in [0, 0.1) is 0 Å². The van der Waals surface area contributed by atoms with E-state index in [0.717, 1.165) is 30.2 Å². The molecule has 3 N–H and O–H groups in total. The number of hydrogen-bond acceptors (Lipinski definition) is 5. The number of benzene rings is 1. The lowest BCUT2D eigenvalue weighted by atomic mass is 9.87. The minimum Gasteiger partial charge on any atom is -0.384 e. The van der Waals surface area contributed by atoms with E-state index < -0.39 is 0 Å². The lowest BCUT2D eigenvalue weighted by Gasteiger charge is -2.17. The molecule has 5 heteroatoms. The molecule has 0 amide bonds. The molecule has 0 fully saturated rings. The SMILES string of the molecule is CC1(C)CNc2cc(NCc3cccnc3NCc3ccncc3)ccc21. The minimum absolute atomic E-state index is 0.196. The first-order chi connectivity index (χ1) is 13.1. The van der Waals surface area contributed by atoms with Gasteiger partial charge in [-0.25, -0.2) is 4.98 Å². The number of fused-ring (bicyclic) bond motifs is 1. The summed E-state index contributed by atoms with van der Waals surface area (Å²) in [7, 11) is 0. The fourth-order valence-electron chi connectivity index (χ4n) is 3.43. The highest BCUT2D eigenvalue weighted by molar-refractivity contribution is 5.67. The van der Waals surface area contributed by atoms with Crippen molar-refractivity contribution in [1.29, 1.82) is 0 Å². The highest BCUT2D eigenvalue weighted by Crippen LogP contribution is 2.37. The fraction of sp³-hybridized carbons (Fsp3) is 0.273. The standard InChI is InChI=1S/C22H25N5/c1-22(2)15-27-20-12-18(5-6-19(20)22)25-14-17-4-3-9-24-21(17)26-13-16-7-10-23-11-8-16/h3-12,25,27H,13-15H2,1-2H3,(H,24,26). The highest BCUT2D eigenvalue weighted by Gasteiger charge is 2.29. The van der Waals surface area contributed by atoms with Crippen LogP contribution in [-0.2, 0) is 18.5 Å². The molecule has 27 heavy (non-hydrogen) atoms. The van der Waals surface area contributed by atoms with E-state index in [-0.39, 0.29) is 5.41 Å². The van der Waals surface area contributed by atoms with E-state index >= 15 is 0 Å². The van der Waals surface area contributed by atoms with Crippen LogP contribution in [0.1, 0.15) is 30.5 Å². The lowest BCUT2D eigenvalue weighted by molar-refractivity contribution is 0.586. The summed E-state index contributed by atoms with van der Waals surface area (Å²) in [5, 5.41) is 10.5. The molecule has 1 aromatic carbocycles. The summed E-state index contributed by atoms with van der Waals surface area (Å²) in [6.07, 6.45) is 5.43. The van der Waals surface area contributed by atoms with Crippen LogP contribution < -0.4 is 16.0 Å². The van der Waals surface area contributed by atoms with Crippen LogP contribution in [0.5, 0.6) is 0 Å². The molecule has 1 aliphatic rings. The van der Waals surface area contributed by atoms with Crippen LogP contribution in [0.4, 0.5) is 17.2 Å². The van der Waals surface area contributed by atoms with E-state index in [1.807, 2.05) is 24.4 Å². The average molecular weight is 359 g/mol. The third kappa shape index (κ3) is 3.87. The van der Waals surface area contributed by atoms with Gasteiger partial charge in [0, 0.05) is 60.6 Å². The summed E-state index contributed by atoms with van der Waals surface area (Å²) in [5.74, 6) is 0.905. The average Bonchev–Trinajstić information content (AvgIpc) is 3.00. The number of hydrogen-bond donors (Lipinski definition) is 3. The van der Waals surface area contributed by atoms with Gasteiger partial charge >= 0.3 is 0 Å². The van der Waals surface area contributed by atoms with Gasteiger partial charge in [0.25, 0.3) is 0 Å². The smallest absolute Gasteiger partial charge is 0.131 e. The molecular formula is C22H25N5. The zero-order chi connectivity index (χ0) is 18.7. The number of rotatable bonds is 6. The minimum atomic E-state index is 0.196. The Morgan fingerprint density at radius 1 is 1.00 bits per heavy atom. The Morgan fingerprint density at radius 2 is 1.85 bits per heavy atom. The van der Waals surface area contributed by atoms with E-state index in [1.54, 1.807) is 12.4 Å². The molecule has 3 heterocycles. The van der Waals surface area contributed by atoms with Crippen LogP contribution >= 0.6 is 0 Å². The Hall–Kier alpha value is -3.08. The van der Waals surface area contributed by atoms with Crippen molar-refractivity contribution >= 4 is 17.2 Å². The van der Waals surface area contributed by atoms with Crippen LogP contribution in [0.2, 0.25) is 0 Å². The van der Waals surface area contributed by atoms with E-state index in [1.165, 1.54) is 16.8 Å². The summed E-state index contributed by atoms with van der Waals surface area (Å²) in [6, 6.07) is 14.7. The Bertz CT molecular complexity index is 921. The number of nitrogens with one attached hydrogen (secondary N) is 3. The predicted molar refractivity (Wildman–Crippen MR) is 111 cm³/mol. The summed E-state index contributed by atoms with van der Waals surface area (Å²) in [6.45, 7) is 6.97. The fourth-order valence-corrected chi connectivity index (χ4v) is 3.43. The van der Waals surface area contributed by atoms with Crippen LogP contribution in [0.3, 0.4) is 0 Å². The maximum absolute atomic E-state index is 4.50. The zero-order valence-electron chi connectivity index (χ0n) is 15.8. The van der Waals surface area contributed by atoms with E-state index in [0.29, 0.717) is 6.54 Å². The van der Waals surface area contributed by atoms with Crippen LogP contribution in [0.15, 0.2) is 61.1 Å². The molecule has 0 saturated carbocycles. The van der Waals surface area contributed by atoms with Crippen molar-refractivity contribution in [3.05, 3.63) is 77.7 Å². The first-order valence-corrected chi connectivity index (χ1v) is 9.31. The Labute approximate surface area is 160 Å². The molecule has 0 bridgehead atoms. The third-order valence-corrected chi connectivity index (χ3v) is 5.05. The number of anilines is 3. The molecule has 138 valence electrons. The first-order valence-electron chi connectivity index (χ1n) is 9.31. The monoisotopic (exact) mass is 359 g/mol. The maximum atomic E-state index is 4.50. The van der Waals surface area contributed by atoms with E-state index in [9.17, 15) is 0 Å². The summed E-state index contributed by atoms with van der Waals surface area (Å²) < 4.78 is 0. The summed E-state index contributed by atoms with van der Waals surface area (Å²) in [4.78, 5) is 8.56. The molecule has 4 rings (SSSR count). The largest absolute Gasteiger partial charge is 0.384 e. The van der Waals surface area contributed by atoms with Gasteiger partial charge in [-0.15, -0.1) is 0 Å². The van der Waals surface area contributed by atoms with Gasteiger partial charge in [-0.2, -0.15) is 0 Å². The molecule has 2 aromatic heterocycles. The van der Waals surface area contributed by atoms with Crippen molar-refractivity contribution < 1.29 is 0 Å². The maximum Gasteiger partial charge on any atom is 0.131 e. The Balaban J connectivity index is 1.43. The van der Waals surface area contributed by atoms with Gasteiger partial charge in [0.05, 0.1) is 0 Å². The number of aromatic nitrogens is 2. The quantitative estimate of drug-likeness (QED) is 0.609. The van der Waals surface area contributed by atoms with Gasteiger partial charge in [-0.05, 0) is 41.5 Å². The molecule has 5 nitrogen and oxygen atoms in total. The molecule has 0 unspecified atom stereocenters. The Morgan fingerprint density at radius 3 is 2.70 bits per heavy atom. The Kier molecular flexibility index (Phi) is 4.67. The van der Waals surface area contributed by atoms with Gasteiger partial charge in [0.2, 0.25) is 0 Å². The molecule has 1 aliphatic heterocycles. The molecule has 0 atom stereocenters. The normalized spacial score (nSPS) is 14.3. The van der Waals surface area contributed by atoms with Gasteiger partial charge < -0.3 is 16.0 Å². The predicted octanol–water partition coefficient (Wildman–Crippen LogP) is 4.40. The summed E-state index contributed by atoms with van der Waals surface area (Å²) >= 11 is 0. The van der Waals surface area contributed by atoms with Gasteiger partial charge in [0.15, 0.2) is 0 Å². The lowest BCUT2D eigenvalue weighted by Crippen LogP contribution is -2.18. The number of nitrogens with zero attached hydrogens (tertiary/aromatic N) is 2. The number of pyridine rings is 2. The van der Waals surface area contributed by atoms with Gasteiger partial charge in [-0.3, -0.25) is 4.98 Å². The van der Waals surface area contributed by atoms with Gasteiger partial charge in [-0.1, -0.05) is 26.0 Å². The highest BCUT2D eigenvalue weighted by atomic mass is 15.0. The molecule has 3 aromatic rings. The van der Waals surface area contributed by atoms with Gasteiger partial charge in [0.1, 0.15) is 5.82 Å². The van der Waals surface area contributed by atoms with Crippen molar-refractivity contribution in [2.75, 3.05) is 22.5 Å².